The molecule has 0 amide bonds. The van der Waals surface area contributed by atoms with Crippen LogP contribution in [0.3, 0.4) is 0 Å². The molecule has 4 rings (SSSR count). The normalized spacial score (nSPS) is 27.0. The summed E-state index contributed by atoms with van der Waals surface area (Å²) >= 11 is 5.90. The minimum absolute atomic E-state index is 0.0246. The highest BCUT2D eigenvalue weighted by atomic mass is 35.5. The van der Waals surface area contributed by atoms with Crippen molar-refractivity contribution in [2.24, 2.45) is 4.99 Å². The number of halogens is 1. The molecule has 0 aliphatic carbocycles. The Morgan fingerprint density at radius 3 is 2.67 bits per heavy atom. The second-order valence-electron chi connectivity index (χ2n) is 6.82. The monoisotopic (exact) mass is 368 g/mol. The van der Waals surface area contributed by atoms with Crippen molar-refractivity contribution in [2.75, 3.05) is 26.2 Å². The highest BCUT2D eigenvalue weighted by Gasteiger charge is 2.37. The third-order valence-electron chi connectivity index (χ3n) is 5.37. The Morgan fingerprint density at radius 1 is 1.25 bits per heavy atom. The molecule has 130 valence electrons. The van der Waals surface area contributed by atoms with Gasteiger partial charge in [0, 0.05) is 25.9 Å². The van der Waals surface area contributed by atoms with Crippen LogP contribution < -0.4 is 0 Å². The van der Waals surface area contributed by atoms with Gasteiger partial charge in [-0.15, -0.1) is 0 Å². The summed E-state index contributed by atoms with van der Waals surface area (Å²) in [7, 11) is -1.30. The Bertz CT molecular complexity index is 697. The van der Waals surface area contributed by atoms with Gasteiger partial charge in [-0.2, -0.15) is 0 Å². The maximum atomic E-state index is 13.0. The van der Waals surface area contributed by atoms with Crippen LogP contribution in [-0.2, 0) is 10.8 Å². The summed E-state index contributed by atoms with van der Waals surface area (Å²) in [6.45, 7) is 3.00. The Hall–Kier alpha value is -1.02. The molecule has 24 heavy (non-hydrogen) atoms. The number of fused-ring (bicyclic) bond motifs is 1. The van der Waals surface area contributed by atoms with Crippen LogP contribution in [0.25, 0.3) is 0 Å². The van der Waals surface area contributed by atoms with Gasteiger partial charge in [0.25, 0.3) is 0 Å². The molecule has 2 fully saturated rings. The number of aliphatic imine (C=N–C) groups is 1. The Labute approximate surface area is 149 Å². The summed E-state index contributed by atoms with van der Waals surface area (Å²) in [4.78, 5) is 11.2. The van der Waals surface area contributed by atoms with Crippen molar-refractivity contribution in [1.29, 1.82) is 0 Å². The molecular formula is C16H21ClN4O2S. The number of aromatic nitrogens is 1. The second kappa shape index (κ2) is 6.37. The van der Waals surface area contributed by atoms with Crippen molar-refractivity contribution in [3.05, 3.63) is 22.6 Å². The molecule has 1 aromatic heterocycles. The number of hydrogen-bond donors (Lipinski definition) is 0. The van der Waals surface area contributed by atoms with Crippen molar-refractivity contribution in [2.45, 2.75) is 43.0 Å². The standard InChI is InChI=1S/C16H21ClN4O2S/c17-15-10-14-13(11-18-15)19-16(24(14)23)20-6-4-12(5-7-20)21(22)8-2-1-3-9-21/h10-12H,1-9H2. The average Bonchev–Trinajstić information content (AvgIpc) is 2.92. The fourth-order valence-corrected chi connectivity index (χ4v) is 5.53. The highest BCUT2D eigenvalue weighted by Crippen LogP contribution is 2.34. The first-order valence-electron chi connectivity index (χ1n) is 8.55. The molecule has 0 spiro atoms. The molecular weight excluding hydrogens is 348 g/mol. The zero-order chi connectivity index (χ0) is 16.7. The number of rotatable bonds is 1. The molecule has 0 radical (unpaired) electrons. The van der Waals surface area contributed by atoms with Gasteiger partial charge in [-0.1, -0.05) is 11.6 Å². The first-order chi connectivity index (χ1) is 11.6. The molecule has 1 atom stereocenters. The molecule has 0 N–H and O–H groups in total. The number of hydrogen-bond acceptors (Lipinski definition) is 5. The maximum absolute atomic E-state index is 13.0. The molecule has 0 aromatic carbocycles. The molecule has 0 saturated carbocycles. The summed E-state index contributed by atoms with van der Waals surface area (Å²) < 4.78 is 12.7. The highest BCUT2D eigenvalue weighted by molar-refractivity contribution is 8.01. The van der Waals surface area contributed by atoms with E-state index in [1.54, 1.807) is 12.3 Å². The molecule has 0 bridgehead atoms. The van der Waals surface area contributed by atoms with Crippen molar-refractivity contribution < 1.29 is 8.86 Å². The van der Waals surface area contributed by atoms with Crippen LogP contribution in [0.2, 0.25) is 5.15 Å². The van der Waals surface area contributed by atoms with Crippen molar-refractivity contribution >= 4 is 33.3 Å². The number of quaternary nitrogens is 1. The van der Waals surface area contributed by atoms with E-state index in [1.165, 1.54) is 6.42 Å². The van der Waals surface area contributed by atoms with Crippen LogP contribution in [-0.4, -0.2) is 56.1 Å². The second-order valence-corrected chi connectivity index (χ2v) is 8.55. The molecule has 1 unspecified atom stereocenters. The molecule has 3 aliphatic heterocycles. The average molecular weight is 369 g/mol. The third kappa shape index (κ3) is 2.87. The van der Waals surface area contributed by atoms with Gasteiger partial charge >= 0.3 is 0 Å². The van der Waals surface area contributed by atoms with E-state index >= 15 is 0 Å². The topological polar surface area (TPSA) is 68.6 Å². The fourth-order valence-electron chi connectivity index (χ4n) is 4.01. The van der Waals surface area contributed by atoms with Gasteiger partial charge < -0.3 is 14.8 Å². The van der Waals surface area contributed by atoms with Gasteiger partial charge in [-0.05, 0) is 25.3 Å². The van der Waals surface area contributed by atoms with E-state index in [0.717, 1.165) is 51.9 Å². The number of pyridine rings is 1. The van der Waals surface area contributed by atoms with E-state index in [-0.39, 0.29) is 10.7 Å². The van der Waals surface area contributed by atoms with Crippen LogP contribution in [0.1, 0.15) is 32.1 Å². The van der Waals surface area contributed by atoms with E-state index in [9.17, 15) is 9.42 Å². The Morgan fingerprint density at radius 2 is 1.96 bits per heavy atom. The predicted octanol–water partition coefficient (Wildman–Crippen LogP) is 2.81. The predicted molar refractivity (Wildman–Crippen MR) is 94.6 cm³/mol. The molecule has 4 heterocycles. The summed E-state index contributed by atoms with van der Waals surface area (Å²) in [5.41, 5.74) is 0.637. The van der Waals surface area contributed by atoms with E-state index in [1.807, 2.05) is 0 Å². The number of hydroxylamine groups is 3. The van der Waals surface area contributed by atoms with Gasteiger partial charge in [-0.25, -0.2) is 14.2 Å². The molecule has 8 heteroatoms. The first-order valence-corrected chi connectivity index (χ1v) is 10.1. The number of amidine groups is 1. The molecule has 3 aliphatic rings. The zero-order valence-corrected chi connectivity index (χ0v) is 15.1. The van der Waals surface area contributed by atoms with Crippen LogP contribution in [0.5, 0.6) is 0 Å². The largest absolute Gasteiger partial charge is 0.633 e. The van der Waals surface area contributed by atoms with Crippen LogP contribution >= 0.6 is 11.6 Å². The van der Waals surface area contributed by atoms with Crippen molar-refractivity contribution in [3.63, 3.8) is 0 Å². The van der Waals surface area contributed by atoms with E-state index < -0.39 is 10.8 Å². The minimum atomic E-state index is -1.30. The summed E-state index contributed by atoms with van der Waals surface area (Å²) in [6.07, 6.45) is 6.53. The zero-order valence-electron chi connectivity index (χ0n) is 13.5. The SMILES string of the molecule is O=S1C(N2CCC([N+]3([O-])CCCCC3)CC2)=Nc2cnc(Cl)cc21. The Balaban J connectivity index is 1.44. The fraction of sp³-hybridized carbons (Fsp3) is 0.625. The smallest absolute Gasteiger partial charge is 0.200 e. The van der Waals surface area contributed by atoms with Gasteiger partial charge in [-0.3, -0.25) is 0 Å². The maximum Gasteiger partial charge on any atom is 0.200 e. The lowest BCUT2D eigenvalue weighted by atomic mass is 9.99. The van der Waals surface area contributed by atoms with Gasteiger partial charge in [0.05, 0.1) is 30.2 Å². The van der Waals surface area contributed by atoms with E-state index in [4.69, 9.17) is 11.6 Å². The lowest BCUT2D eigenvalue weighted by Crippen LogP contribution is -2.57. The van der Waals surface area contributed by atoms with Gasteiger partial charge in [0.1, 0.15) is 21.6 Å². The molecule has 1 aromatic rings. The minimum Gasteiger partial charge on any atom is -0.633 e. The summed E-state index contributed by atoms with van der Waals surface area (Å²) in [5, 5.41) is 13.9. The summed E-state index contributed by atoms with van der Waals surface area (Å²) in [6, 6.07) is 1.80. The Kier molecular flexibility index (Phi) is 4.36. The molecule has 6 nitrogen and oxygen atoms in total. The summed E-state index contributed by atoms with van der Waals surface area (Å²) in [5.74, 6) is 0. The number of nitrogens with zero attached hydrogens (tertiary/aromatic N) is 4. The lowest BCUT2D eigenvalue weighted by Gasteiger charge is -2.53. The van der Waals surface area contributed by atoms with Gasteiger partial charge in [0.2, 0.25) is 5.17 Å². The molecule has 2 saturated heterocycles. The quantitative estimate of drug-likeness (QED) is 0.434. The van der Waals surface area contributed by atoms with Crippen molar-refractivity contribution in [3.8, 4) is 0 Å². The van der Waals surface area contributed by atoms with Gasteiger partial charge in [0.15, 0.2) is 0 Å². The van der Waals surface area contributed by atoms with Crippen LogP contribution in [0, 0.1) is 5.21 Å². The van der Waals surface area contributed by atoms with Crippen LogP contribution in [0.15, 0.2) is 22.2 Å². The van der Waals surface area contributed by atoms with Crippen LogP contribution in [0.4, 0.5) is 5.69 Å². The van der Waals surface area contributed by atoms with Crippen molar-refractivity contribution in [1.82, 2.24) is 9.88 Å². The number of likely N-dealkylation sites (tertiary alicyclic amines) is 2. The third-order valence-corrected chi connectivity index (χ3v) is 6.98. The number of piperidine rings is 2. The van der Waals surface area contributed by atoms with E-state index in [2.05, 4.69) is 14.9 Å². The first kappa shape index (κ1) is 16.4. The lowest BCUT2D eigenvalue weighted by molar-refractivity contribution is -0.911. The van der Waals surface area contributed by atoms with E-state index in [0.29, 0.717) is 20.9 Å².